The second kappa shape index (κ2) is 7.50. The van der Waals surface area contributed by atoms with E-state index in [1.807, 2.05) is 0 Å². The van der Waals surface area contributed by atoms with Crippen LogP contribution < -0.4 is 10.1 Å². The molecule has 0 spiro atoms. The molecule has 0 heterocycles. The fraction of sp³-hybridized carbons (Fsp3) is 0.520. The van der Waals surface area contributed by atoms with Crippen LogP contribution in [0.4, 0.5) is 0 Å². The maximum Gasteiger partial charge on any atom is 0.124 e. The highest BCUT2D eigenvalue weighted by Gasteiger charge is 2.50. The van der Waals surface area contributed by atoms with Gasteiger partial charge in [-0.15, -0.1) is 0 Å². The van der Waals surface area contributed by atoms with Crippen LogP contribution in [0, 0.1) is 24.7 Å². The average molecular weight is 440 g/mol. The Bertz CT molecular complexity index is 826. The number of hydrogen-bond donors (Lipinski definition) is 1. The van der Waals surface area contributed by atoms with E-state index >= 15 is 0 Å². The molecular weight excluding hydrogens is 410 g/mol. The standard InChI is InChI=1S/C25H30BrNO/c1-17-3-2-4-18(7-17)16-28-24-6-5-23(26)11-22(24)15-27-25-12-19-8-20(13-25)10-21(9-19)14-25/h2-7,11,19-21,27H,8-10,12-16H2,1H3. The molecule has 2 aromatic rings. The van der Waals surface area contributed by atoms with Crippen molar-refractivity contribution in [3.05, 3.63) is 63.6 Å². The van der Waals surface area contributed by atoms with E-state index < -0.39 is 0 Å². The van der Waals surface area contributed by atoms with E-state index in [0.29, 0.717) is 12.1 Å². The Morgan fingerprint density at radius 3 is 2.39 bits per heavy atom. The molecule has 0 unspecified atom stereocenters. The molecule has 0 aromatic heterocycles. The summed E-state index contributed by atoms with van der Waals surface area (Å²) in [5.74, 6) is 3.91. The van der Waals surface area contributed by atoms with Gasteiger partial charge in [0.15, 0.2) is 0 Å². The van der Waals surface area contributed by atoms with Crippen molar-refractivity contribution >= 4 is 15.9 Å². The highest BCUT2D eigenvalue weighted by atomic mass is 79.9. The molecule has 0 saturated heterocycles. The topological polar surface area (TPSA) is 21.3 Å². The summed E-state index contributed by atoms with van der Waals surface area (Å²) in [6, 6.07) is 15.0. The molecule has 0 amide bonds. The van der Waals surface area contributed by atoms with Crippen LogP contribution in [0.25, 0.3) is 0 Å². The van der Waals surface area contributed by atoms with Crippen LogP contribution >= 0.6 is 15.9 Å². The Morgan fingerprint density at radius 1 is 1.00 bits per heavy atom. The zero-order chi connectivity index (χ0) is 19.1. The molecule has 4 bridgehead atoms. The van der Waals surface area contributed by atoms with Crippen molar-refractivity contribution in [1.82, 2.24) is 5.32 Å². The summed E-state index contributed by atoms with van der Waals surface area (Å²) in [5.41, 5.74) is 4.14. The Labute approximate surface area is 177 Å². The molecular formula is C25H30BrNO. The number of benzene rings is 2. The van der Waals surface area contributed by atoms with Gasteiger partial charge in [-0.2, -0.15) is 0 Å². The van der Waals surface area contributed by atoms with Crippen molar-refractivity contribution in [2.24, 2.45) is 17.8 Å². The van der Waals surface area contributed by atoms with Crippen molar-refractivity contribution in [2.45, 2.75) is 64.1 Å². The number of ether oxygens (including phenoxy) is 1. The minimum absolute atomic E-state index is 0.380. The largest absolute Gasteiger partial charge is 0.489 e. The van der Waals surface area contributed by atoms with Gasteiger partial charge in [-0.05, 0) is 87.0 Å². The molecule has 0 atom stereocenters. The summed E-state index contributed by atoms with van der Waals surface area (Å²) in [6.45, 7) is 3.65. The van der Waals surface area contributed by atoms with Crippen LogP contribution in [0.5, 0.6) is 5.75 Å². The summed E-state index contributed by atoms with van der Waals surface area (Å²) in [7, 11) is 0. The predicted octanol–water partition coefficient (Wildman–Crippen LogP) is 6.39. The Kier molecular flexibility index (Phi) is 5.00. The van der Waals surface area contributed by atoms with Gasteiger partial charge < -0.3 is 10.1 Å². The molecule has 6 rings (SSSR count). The van der Waals surface area contributed by atoms with Crippen molar-refractivity contribution in [3.63, 3.8) is 0 Å². The third kappa shape index (κ3) is 3.89. The third-order valence-electron chi connectivity index (χ3n) is 7.19. The van der Waals surface area contributed by atoms with Crippen molar-refractivity contribution in [1.29, 1.82) is 0 Å². The maximum atomic E-state index is 6.24. The van der Waals surface area contributed by atoms with Gasteiger partial charge in [0.1, 0.15) is 12.4 Å². The van der Waals surface area contributed by atoms with E-state index in [0.717, 1.165) is 34.5 Å². The van der Waals surface area contributed by atoms with Gasteiger partial charge in [-0.1, -0.05) is 45.8 Å². The number of nitrogens with one attached hydrogen (secondary N) is 1. The zero-order valence-corrected chi connectivity index (χ0v) is 18.3. The third-order valence-corrected chi connectivity index (χ3v) is 7.68. The van der Waals surface area contributed by atoms with Crippen molar-refractivity contribution < 1.29 is 4.74 Å². The first kappa shape index (κ1) is 18.7. The number of halogens is 1. The van der Waals surface area contributed by atoms with E-state index in [1.54, 1.807) is 0 Å². The van der Waals surface area contributed by atoms with E-state index in [-0.39, 0.29) is 0 Å². The zero-order valence-electron chi connectivity index (χ0n) is 16.7. The lowest BCUT2D eigenvalue weighted by Gasteiger charge is -2.57. The average Bonchev–Trinajstić information content (AvgIpc) is 2.65. The first-order valence-electron chi connectivity index (χ1n) is 10.8. The molecule has 4 saturated carbocycles. The molecule has 148 valence electrons. The van der Waals surface area contributed by atoms with Gasteiger partial charge in [0.25, 0.3) is 0 Å². The quantitative estimate of drug-likeness (QED) is 0.562. The number of aryl methyl sites for hydroxylation is 1. The first-order chi connectivity index (χ1) is 13.6. The lowest BCUT2D eigenvalue weighted by molar-refractivity contribution is -0.0206. The normalized spacial score (nSPS) is 30.6. The van der Waals surface area contributed by atoms with E-state index in [9.17, 15) is 0 Å². The Morgan fingerprint density at radius 2 is 1.71 bits per heavy atom. The smallest absolute Gasteiger partial charge is 0.124 e. The first-order valence-corrected chi connectivity index (χ1v) is 11.6. The molecule has 1 N–H and O–H groups in total. The van der Waals surface area contributed by atoms with Crippen LogP contribution in [0.1, 0.15) is 55.2 Å². The Balaban J connectivity index is 1.29. The SMILES string of the molecule is Cc1cccc(COc2ccc(Br)cc2CNC23CC4CC(CC(C4)C2)C3)c1. The van der Waals surface area contributed by atoms with Gasteiger partial charge in [0, 0.05) is 22.1 Å². The molecule has 4 fully saturated rings. The lowest BCUT2D eigenvalue weighted by atomic mass is 9.53. The highest BCUT2D eigenvalue weighted by Crippen LogP contribution is 2.55. The minimum Gasteiger partial charge on any atom is -0.489 e. The van der Waals surface area contributed by atoms with E-state index in [1.165, 1.54) is 55.2 Å². The van der Waals surface area contributed by atoms with Gasteiger partial charge in [-0.25, -0.2) is 0 Å². The summed E-state index contributed by atoms with van der Waals surface area (Å²) < 4.78 is 7.37. The molecule has 2 aromatic carbocycles. The summed E-state index contributed by atoms with van der Waals surface area (Å²) in [6.07, 6.45) is 8.61. The van der Waals surface area contributed by atoms with Gasteiger partial charge in [-0.3, -0.25) is 0 Å². The monoisotopic (exact) mass is 439 g/mol. The minimum atomic E-state index is 0.380. The fourth-order valence-electron chi connectivity index (χ4n) is 6.40. The molecule has 2 nitrogen and oxygen atoms in total. The van der Waals surface area contributed by atoms with Crippen LogP contribution in [-0.4, -0.2) is 5.54 Å². The summed E-state index contributed by atoms with van der Waals surface area (Å²) in [4.78, 5) is 0. The highest BCUT2D eigenvalue weighted by molar-refractivity contribution is 9.10. The van der Waals surface area contributed by atoms with E-state index in [2.05, 4.69) is 70.6 Å². The Hall–Kier alpha value is -1.32. The molecule has 0 aliphatic heterocycles. The van der Waals surface area contributed by atoms with Crippen LogP contribution in [-0.2, 0) is 13.2 Å². The van der Waals surface area contributed by atoms with Crippen LogP contribution in [0.2, 0.25) is 0 Å². The van der Waals surface area contributed by atoms with Crippen LogP contribution in [0.3, 0.4) is 0 Å². The second-order valence-corrected chi connectivity index (χ2v) is 10.5. The molecule has 0 radical (unpaired) electrons. The van der Waals surface area contributed by atoms with Crippen LogP contribution in [0.15, 0.2) is 46.9 Å². The van der Waals surface area contributed by atoms with Gasteiger partial charge >= 0.3 is 0 Å². The molecule has 3 heteroatoms. The van der Waals surface area contributed by atoms with Gasteiger partial charge in [0.05, 0.1) is 0 Å². The van der Waals surface area contributed by atoms with E-state index in [4.69, 9.17) is 4.74 Å². The number of rotatable bonds is 6. The predicted molar refractivity (Wildman–Crippen MR) is 117 cm³/mol. The maximum absolute atomic E-state index is 6.24. The van der Waals surface area contributed by atoms with Crippen molar-refractivity contribution in [3.8, 4) is 5.75 Å². The molecule has 4 aliphatic rings. The summed E-state index contributed by atoms with van der Waals surface area (Å²) in [5, 5.41) is 4.02. The molecule has 28 heavy (non-hydrogen) atoms. The molecule has 4 aliphatic carbocycles. The van der Waals surface area contributed by atoms with Gasteiger partial charge in [0.2, 0.25) is 0 Å². The van der Waals surface area contributed by atoms with Crippen molar-refractivity contribution in [2.75, 3.05) is 0 Å². The summed E-state index contributed by atoms with van der Waals surface area (Å²) >= 11 is 3.65. The fourth-order valence-corrected chi connectivity index (χ4v) is 6.81. The lowest BCUT2D eigenvalue weighted by Crippen LogP contribution is -2.58. The number of hydrogen-bond acceptors (Lipinski definition) is 2. The second-order valence-electron chi connectivity index (χ2n) is 9.58.